The highest BCUT2D eigenvalue weighted by atomic mass is 79.9. The number of aryl methyl sites for hydroxylation is 2. The van der Waals surface area contributed by atoms with Gasteiger partial charge in [-0.15, -0.1) is 0 Å². The molecule has 0 aliphatic carbocycles. The standard InChI is InChI=1S/C16H19BrN2/c1-11(2)19-10-14(8-13(19)4)9-18-15-5-6-16(17)12(3)7-15/h5-11H,1-4H3. The van der Waals surface area contributed by atoms with Gasteiger partial charge in [0, 0.05) is 34.2 Å². The van der Waals surface area contributed by atoms with Crippen LogP contribution in [0.25, 0.3) is 0 Å². The van der Waals surface area contributed by atoms with Gasteiger partial charge >= 0.3 is 0 Å². The van der Waals surface area contributed by atoms with Gasteiger partial charge in [0.2, 0.25) is 0 Å². The molecule has 3 heteroatoms. The third kappa shape index (κ3) is 3.35. The number of aliphatic imine (C=N–C) groups is 1. The molecule has 19 heavy (non-hydrogen) atoms. The van der Waals surface area contributed by atoms with Crippen molar-refractivity contribution in [2.24, 2.45) is 4.99 Å². The number of aromatic nitrogens is 1. The zero-order valence-corrected chi connectivity index (χ0v) is 13.4. The summed E-state index contributed by atoms with van der Waals surface area (Å²) in [4.78, 5) is 4.53. The minimum atomic E-state index is 0.483. The summed E-state index contributed by atoms with van der Waals surface area (Å²) in [5.74, 6) is 0. The van der Waals surface area contributed by atoms with Gasteiger partial charge in [0.05, 0.1) is 5.69 Å². The SMILES string of the molecule is Cc1cc(N=Cc2cc(C)n(C(C)C)c2)ccc1Br. The Hall–Kier alpha value is -1.35. The van der Waals surface area contributed by atoms with Crippen molar-refractivity contribution in [3.8, 4) is 0 Å². The van der Waals surface area contributed by atoms with E-state index in [0.717, 1.165) is 15.7 Å². The second-order valence-corrected chi connectivity index (χ2v) is 5.96. The van der Waals surface area contributed by atoms with Crippen LogP contribution in [0.4, 0.5) is 5.69 Å². The first-order valence-corrected chi connectivity index (χ1v) is 7.25. The maximum atomic E-state index is 4.53. The molecule has 0 amide bonds. The average Bonchev–Trinajstić information content (AvgIpc) is 2.72. The molecular formula is C16H19BrN2. The highest BCUT2D eigenvalue weighted by Crippen LogP contribution is 2.22. The molecule has 0 atom stereocenters. The van der Waals surface area contributed by atoms with Gasteiger partial charge in [-0.2, -0.15) is 0 Å². The third-order valence-electron chi connectivity index (χ3n) is 3.13. The largest absolute Gasteiger partial charge is 0.349 e. The van der Waals surface area contributed by atoms with E-state index < -0.39 is 0 Å². The van der Waals surface area contributed by atoms with E-state index in [0.29, 0.717) is 6.04 Å². The number of nitrogens with zero attached hydrogens (tertiary/aromatic N) is 2. The molecule has 0 aliphatic rings. The highest BCUT2D eigenvalue weighted by molar-refractivity contribution is 9.10. The second kappa shape index (κ2) is 5.74. The minimum Gasteiger partial charge on any atom is -0.349 e. The van der Waals surface area contributed by atoms with Crippen LogP contribution in [0.5, 0.6) is 0 Å². The fraction of sp³-hybridized carbons (Fsp3) is 0.312. The Morgan fingerprint density at radius 3 is 2.53 bits per heavy atom. The fourth-order valence-electron chi connectivity index (χ4n) is 2.10. The van der Waals surface area contributed by atoms with Gasteiger partial charge in [-0.05, 0) is 57.5 Å². The van der Waals surface area contributed by atoms with Crippen molar-refractivity contribution in [2.45, 2.75) is 33.7 Å². The molecule has 0 spiro atoms. The van der Waals surface area contributed by atoms with Crippen LogP contribution in [0, 0.1) is 13.8 Å². The van der Waals surface area contributed by atoms with Crippen LogP contribution in [0.1, 0.15) is 36.7 Å². The molecule has 0 unspecified atom stereocenters. The van der Waals surface area contributed by atoms with Crippen molar-refractivity contribution >= 4 is 27.8 Å². The molecule has 1 heterocycles. The van der Waals surface area contributed by atoms with Crippen LogP contribution < -0.4 is 0 Å². The summed E-state index contributed by atoms with van der Waals surface area (Å²) in [6.07, 6.45) is 4.07. The Labute approximate surface area is 123 Å². The predicted octanol–water partition coefficient (Wildman–Crippen LogP) is 5.20. The summed E-state index contributed by atoms with van der Waals surface area (Å²) in [6, 6.07) is 8.77. The van der Waals surface area contributed by atoms with Crippen LogP contribution in [0.3, 0.4) is 0 Å². The van der Waals surface area contributed by atoms with E-state index in [1.54, 1.807) is 0 Å². The summed E-state index contributed by atoms with van der Waals surface area (Å²) >= 11 is 3.50. The third-order valence-corrected chi connectivity index (χ3v) is 4.02. The maximum absolute atomic E-state index is 4.53. The quantitative estimate of drug-likeness (QED) is 0.692. The van der Waals surface area contributed by atoms with Gasteiger partial charge in [-0.1, -0.05) is 15.9 Å². The van der Waals surface area contributed by atoms with Crippen LogP contribution in [0.15, 0.2) is 39.9 Å². The summed E-state index contributed by atoms with van der Waals surface area (Å²) in [5, 5.41) is 0. The molecule has 1 aromatic heterocycles. The Morgan fingerprint density at radius 2 is 1.95 bits per heavy atom. The monoisotopic (exact) mass is 318 g/mol. The van der Waals surface area contributed by atoms with Crippen LogP contribution >= 0.6 is 15.9 Å². The van der Waals surface area contributed by atoms with Gasteiger partial charge in [0.1, 0.15) is 0 Å². The molecule has 2 rings (SSSR count). The number of rotatable bonds is 3. The number of halogens is 1. The highest BCUT2D eigenvalue weighted by Gasteiger charge is 2.03. The first-order chi connectivity index (χ1) is 8.97. The van der Waals surface area contributed by atoms with E-state index >= 15 is 0 Å². The zero-order chi connectivity index (χ0) is 14.0. The summed E-state index contributed by atoms with van der Waals surface area (Å²) in [5.41, 5.74) is 4.59. The van der Waals surface area contributed by atoms with Crippen molar-refractivity contribution in [1.82, 2.24) is 4.57 Å². The van der Waals surface area contributed by atoms with Gasteiger partial charge in [0.15, 0.2) is 0 Å². The van der Waals surface area contributed by atoms with Crippen LogP contribution in [-0.2, 0) is 0 Å². The molecule has 100 valence electrons. The lowest BCUT2D eigenvalue weighted by atomic mass is 10.2. The molecule has 0 saturated carbocycles. The van der Waals surface area contributed by atoms with Crippen molar-refractivity contribution in [2.75, 3.05) is 0 Å². The lowest BCUT2D eigenvalue weighted by Gasteiger charge is -2.08. The maximum Gasteiger partial charge on any atom is 0.0633 e. The van der Waals surface area contributed by atoms with Crippen molar-refractivity contribution in [3.63, 3.8) is 0 Å². The van der Waals surface area contributed by atoms with E-state index in [1.165, 1.54) is 11.3 Å². The smallest absolute Gasteiger partial charge is 0.0633 e. The van der Waals surface area contributed by atoms with Gasteiger partial charge in [-0.25, -0.2) is 0 Å². The average molecular weight is 319 g/mol. The second-order valence-electron chi connectivity index (χ2n) is 5.11. The minimum absolute atomic E-state index is 0.483. The molecule has 0 fully saturated rings. The predicted molar refractivity (Wildman–Crippen MR) is 85.7 cm³/mol. The molecule has 0 N–H and O–H groups in total. The lowest BCUT2D eigenvalue weighted by molar-refractivity contribution is 0.589. The van der Waals surface area contributed by atoms with E-state index in [4.69, 9.17) is 0 Å². The molecule has 0 bridgehead atoms. The Morgan fingerprint density at radius 1 is 1.21 bits per heavy atom. The van der Waals surface area contributed by atoms with E-state index in [2.05, 4.69) is 71.5 Å². The molecule has 2 aromatic rings. The normalized spacial score (nSPS) is 11.7. The first-order valence-electron chi connectivity index (χ1n) is 6.46. The van der Waals surface area contributed by atoms with Gasteiger partial charge in [-0.3, -0.25) is 4.99 Å². The fourth-order valence-corrected chi connectivity index (χ4v) is 2.35. The van der Waals surface area contributed by atoms with E-state index in [1.807, 2.05) is 18.3 Å². The van der Waals surface area contributed by atoms with Gasteiger partial charge in [0.25, 0.3) is 0 Å². The molecule has 1 aromatic carbocycles. The topological polar surface area (TPSA) is 17.3 Å². The molecule has 0 radical (unpaired) electrons. The summed E-state index contributed by atoms with van der Waals surface area (Å²) < 4.78 is 3.38. The van der Waals surface area contributed by atoms with E-state index in [-0.39, 0.29) is 0 Å². The van der Waals surface area contributed by atoms with Gasteiger partial charge < -0.3 is 4.57 Å². The van der Waals surface area contributed by atoms with Crippen molar-refractivity contribution < 1.29 is 0 Å². The molecule has 0 saturated heterocycles. The van der Waals surface area contributed by atoms with Crippen molar-refractivity contribution in [3.05, 3.63) is 51.8 Å². The van der Waals surface area contributed by atoms with Crippen LogP contribution in [0.2, 0.25) is 0 Å². The molecule has 2 nitrogen and oxygen atoms in total. The van der Waals surface area contributed by atoms with Crippen molar-refractivity contribution in [1.29, 1.82) is 0 Å². The van der Waals surface area contributed by atoms with E-state index in [9.17, 15) is 0 Å². The number of hydrogen-bond donors (Lipinski definition) is 0. The Kier molecular flexibility index (Phi) is 4.25. The summed E-state index contributed by atoms with van der Waals surface area (Å²) in [6.45, 7) is 8.57. The van der Waals surface area contributed by atoms with Crippen LogP contribution in [-0.4, -0.2) is 10.8 Å². The molecular weight excluding hydrogens is 300 g/mol. The molecule has 0 aliphatic heterocycles. The Bertz CT molecular complexity index is 609. The zero-order valence-electron chi connectivity index (χ0n) is 11.8. The number of benzene rings is 1. The summed E-state index contributed by atoms with van der Waals surface area (Å²) in [7, 11) is 0. The Balaban J connectivity index is 2.22. The first kappa shape index (κ1) is 14.1. The lowest BCUT2D eigenvalue weighted by Crippen LogP contribution is -2.00. The number of hydrogen-bond acceptors (Lipinski definition) is 1.